The third kappa shape index (κ3) is 3.83. The lowest BCUT2D eigenvalue weighted by Crippen LogP contribution is -2.11. The molecule has 1 N–H and O–H groups in total. The van der Waals surface area contributed by atoms with E-state index in [9.17, 15) is 18.3 Å². The Balaban J connectivity index is 1.98. The van der Waals surface area contributed by atoms with Gasteiger partial charge in [-0.2, -0.15) is 0 Å². The second kappa shape index (κ2) is 7.45. The average molecular weight is 497 g/mol. The zero-order valence-electron chi connectivity index (χ0n) is 15.7. The van der Waals surface area contributed by atoms with Crippen LogP contribution in [0.1, 0.15) is 35.6 Å². The molecule has 0 bridgehead atoms. The van der Waals surface area contributed by atoms with E-state index in [0.29, 0.717) is 16.0 Å². The smallest absolute Gasteiger partial charge is 0.304 e. The normalized spacial score (nSPS) is 16.3. The predicted octanol–water partition coefficient (Wildman–Crippen LogP) is 5.01. The van der Waals surface area contributed by atoms with Crippen LogP contribution >= 0.6 is 27.5 Å². The van der Waals surface area contributed by atoms with Crippen molar-refractivity contribution in [1.82, 2.24) is 4.57 Å². The van der Waals surface area contributed by atoms with Gasteiger partial charge in [0.05, 0.1) is 16.8 Å². The summed E-state index contributed by atoms with van der Waals surface area (Å²) in [4.78, 5) is 11.7. The van der Waals surface area contributed by atoms with Gasteiger partial charge in [0.1, 0.15) is 0 Å². The molecular formula is C21H19BrClNO4S. The zero-order valence-corrected chi connectivity index (χ0v) is 18.8. The molecule has 29 heavy (non-hydrogen) atoms. The molecule has 1 atom stereocenters. The van der Waals surface area contributed by atoms with Crippen LogP contribution in [0.5, 0.6) is 0 Å². The lowest BCUT2D eigenvalue weighted by atomic mass is 10.0. The number of benzene rings is 2. The summed E-state index contributed by atoms with van der Waals surface area (Å²) in [5.74, 6) is -0.944. The first-order valence-electron chi connectivity index (χ1n) is 9.16. The van der Waals surface area contributed by atoms with Gasteiger partial charge in [0, 0.05) is 39.3 Å². The second-order valence-electron chi connectivity index (χ2n) is 7.49. The van der Waals surface area contributed by atoms with Crippen LogP contribution in [0.3, 0.4) is 0 Å². The summed E-state index contributed by atoms with van der Waals surface area (Å²) in [5.41, 5.74) is 3.91. The maximum absolute atomic E-state index is 12.2. The number of rotatable bonds is 5. The third-order valence-corrected chi connectivity index (χ3v) is 7.37. The van der Waals surface area contributed by atoms with Crippen molar-refractivity contribution in [3.63, 3.8) is 0 Å². The summed E-state index contributed by atoms with van der Waals surface area (Å²) in [6, 6.07) is 10.9. The van der Waals surface area contributed by atoms with E-state index in [1.165, 1.54) is 6.26 Å². The zero-order chi connectivity index (χ0) is 20.9. The first kappa shape index (κ1) is 20.4. The highest BCUT2D eigenvalue weighted by Crippen LogP contribution is 2.44. The van der Waals surface area contributed by atoms with E-state index in [1.54, 1.807) is 12.1 Å². The fourth-order valence-electron chi connectivity index (χ4n) is 4.29. The number of fused-ring (bicyclic) bond motifs is 3. The fourth-order valence-corrected chi connectivity index (χ4v) is 5.99. The van der Waals surface area contributed by atoms with Gasteiger partial charge in [-0.05, 0) is 64.2 Å². The lowest BCUT2D eigenvalue weighted by Gasteiger charge is -2.16. The summed E-state index contributed by atoms with van der Waals surface area (Å²) in [5, 5.41) is 10.9. The highest BCUT2D eigenvalue weighted by molar-refractivity contribution is 9.10. The number of carbonyl (C=O) groups is 1. The number of hydrogen-bond donors (Lipinski definition) is 1. The monoisotopic (exact) mass is 495 g/mol. The van der Waals surface area contributed by atoms with Gasteiger partial charge >= 0.3 is 5.97 Å². The molecule has 1 heterocycles. The van der Waals surface area contributed by atoms with Crippen LogP contribution in [0.4, 0.5) is 0 Å². The minimum absolute atomic E-state index is 0.0510. The number of hydrogen-bond acceptors (Lipinski definition) is 3. The summed E-state index contributed by atoms with van der Waals surface area (Å²) in [7, 11) is -3.37. The first-order chi connectivity index (χ1) is 13.6. The second-order valence-corrected chi connectivity index (χ2v) is 10.8. The van der Waals surface area contributed by atoms with Crippen LogP contribution in [0.15, 0.2) is 45.8 Å². The van der Waals surface area contributed by atoms with Gasteiger partial charge in [-0.1, -0.05) is 23.7 Å². The Hall–Kier alpha value is -1.83. The standard InChI is InChI=1S/C21H19BrClNO4S/c1-29(27,28)15-9-17-16-6-5-13(8-19(25)26)20(16)24(21(17)18(22)10-15)11-12-3-2-4-14(23)7-12/h2-4,7,9-10,13H,5-6,8,11H2,1H3,(H,25,26). The molecule has 8 heteroatoms. The Bertz CT molecular complexity index is 1250. The number of aliphatic carboxylic acids is 1. The number of halogens is 2. The SMILES string of the molecule is CS(=O)(=O)c1cc(Br)c2c(c1)c1c(n2Cc2cccc(Cl)c2)C(CC(=O)O)CC1. The summed E-state index contributed by atoms with van der Waals surface area (Å²) < 4.78 is 27.1. The number of carboxylic acids is 1. The largest absolute Gasteiger partial charge is 0.481 e. The van der Waals surface area contributed by atoms with Gasteiger partial charge in [-0.3, -0.25) is 4.79 Å². The molecule has 1 aliphatic carbocycles. The fraction of sp³-hybridized carbons (Fsp3) is 0.286. The molecule has 1 aromatic heterocycles. The Morgan fingerprint density at radius 1 is 1.31 bits per heavy atom. The number of nitrogens with zero attached hydrogens (tertiary/aromatic N) is 1. The minimum Gasteiger partial charge on any atom is -0.481 e. The molecule has 1 aliphatic rings. The molecule has 0 radical (unpaired) electrons. The first-order valence-corrected chi connectivity index (χ1v) is 12.2. The van der Waals surface area contributed by atoms with E-state index in [1.807, 2.05) is 24.3 Å². The van der Waals surface area contributed by atoms with E-state index in [0.717, 1.165) is 40.6 Å². The van der Waals surface area contributed by atoms with Gasteiger partial charge in [-0.25, -0.2) is 8.42 Å². The van der Waals surface area contributed by atoms with Crippen molar-refractivity contribution in [3.8, 4) is 0 Å². The molecule has 1 unspecified atom stereocenters. The van der Waals surface area contributed by atoms with Crippen LogP contribution in [0, 0.1) is 0 Å². The lowest BCUT2D eigenvalue weighted by molar-refractivity contribution is -0.137. The molecule has 5 nitrogen and oxygen atoms in total. The highest BCUT2D eigenvalue weighted by atomic mass is 79.9. The van der Waals surface area contributed by atoms with Gasteiger partial charge < -0.3 is 9.67 Å². The molecular weight excluding hydrogens is 478 g/mol. The van der Waals surface area contributed by atoms with Crippen molar-refractivity contribution in [3.05, 3.63) is 62.7 Å². The Morgan fingerprint density at radius 2 is 2.07 bits per heavy atom. The molecule has 0 amide bonds. The quantitative estimate of drug-likeness (QED) is 0.538. The molecule has 0 spiro atoms. The molecule has 3 aromatic rings. The third-order valence-electron chi connectivity index (χ3n) is 5.44. The molecule has 2 aromatic carbocycles. The van der Waals surface area contributed by atoms with Crippen molar-refractivity contribution in [2.45, 2.75) is 36.6 Å². The Morgan fingerprint density at radius 3 is 2.72 bits per heavy atom. The number of aryl methyl sites for hydroxylation is 1. The maximum Gasteiger partial charge on any atom is 0.304 e. The van der Waals surface area contributed by atoms with Crippen LogP contribution < -0.4 is 0 Å². The highest BCUT2D eigenvalue weighted by Gasteiger charge is 2.32. The molecule has 0 aliphatic heterocycles. The number of sulfone groups is 1. The Kier molecular flexibility index (Phi) is 5.25. The van der Waals surface area contributed by atoms with Crippen LogP contribution in [-0.2, 0) is 27.6 Å². The molecule has 4 rings (SSSR count). The van der Waals surface area contributed by atoms with Crippen molar-refractivity contribution in [2.75, 3.05) is 6.26 Å². The number of carboxylic acid groups (broad SMARTS) is 1. The van der Waals surface area contributed by atoms with Crippen molar-refractivity contribution < 1.29 is 18.3 Å². The maximum atomic E-state index is 12.2. The van der Waals surface area contributed by atoms with Crippen LogP contribution in [0.2, 0.25) is 5.02 Å². The summed E-state index contributed by atoms with van der Waals surface area (Å²) in [6.45, 7) is 0.527. The van der Waals surface area contributed by atoms with Gasteiger partial charge in [0.25, 0.3) is 0 Å². The molecule has 0 saturated heterocycles. The molecule has 0 saturated carbocycles. The van der Waals surface area contributed by atoms with Gasteiger partial charge in [-0.15, -0.1) is 0 Å². The predicted molar refractivity (Wildman–Crippen MR) is 117 cm³/mol. The number of aromatic nitrogens is 1. The van der Waals surface area contributed by atoms with E-state index >= 15 is 0 Å². The van der Waals surface area contributed by atoms with E-state index < -0.39 is 15.8 Å². The van der Waals surface area contributed by atoms with E-state index in [-0.39, 0.29) is 17.2 Å². The average Bonchev–Trinajstić information content (AvgIpc) is 3.14. The molecule has 0 fully saturated rings. The Labute approximate surface area is 182 Å². The summed E-state index contributed by atoms with van der Waals surface area (Å²) >= 11 is 9.72. The topological polar surface area (TPSA) is 76.4 Å². The van der Waals surface area contributed by atoms with Crippen LogP contribution in [-0.4, -0.2) is 30.3 Å². The van der Waals surface area contributed by atoms with Crippen molar-refractivity contribution >= 4 is 54.2 Å². The summed E-state index contributed by atoms with van der Waals surface area (Å²) in [6.07, 6.45) is 2.71. The van der Waals surface area contributed by atoms with Crippen molar-refractivity contribution in [2.24, 2.45) is 0 Å². The van der Waals surface area contributed by atoms with E-state index in [4.69, 9.17) is 11.6 Å². The van der Waals surface area contributed by atoms with Crippen LogP contribution in [0.25, 0.3) is 10.9 Å². The van der Waals surface area contributed by atoms with E-state index in [2.05, 4.69) is 20.5 Å². The minimum atomic E-state index is -3.37. The molecule has 152 valence electrons. The van der Waals surface area contributed by atoms with Crippen molar-refractivity contribution in [1.29, 1.82) is 0 Å². The van der Waals surface area contributed by atoms with Gasteiger partial charge in [0.15, 0.2) is 9.84 Å². The van der Waals surface area contributed by atoms with Gasteiger partial charge in [0.2, 0.25) is 0 Å².